The summed E-state index contributed by atoms with van der Waals surface area (Å²) in [6.07, 6.45) is 0.596. The van der Waals surface area contributed by atoms with Crippen LogP contribution in [-0.4, -0.2) is 62.3 Å². The molecule has 3 rings (SSSR count). The van der Waals surface area contributed by atoms with Crippen molar-refractivity contribution >= 4 is 15.9 Å². The number of carbonyl (C=O) groups excluding carboxylic acids is 1. The number of hydrogen-bond acceptors (Lipinski definition) is 4. The Kier molecular flexibility index (Phi) is 7.17. The zero-order valence-electron chi connectivity index (χ0n) is 16.7. The Morgan fingerprint density at radius 3 is 2.33 bits per heavy atom. The van der Waals surface area contributed by atoms with Crippen LogP contribution in [0.3, 0.4) is 0 Å². The lowest BCUT2D eigenvalue weighted by Crippen LogP contribution is -2.55. The van der Waals surface area contributed by atoms with Gasteiger partial charge in [-0.2, -0.15) is 4.31 Å². The molecule has 0 aliphatic carbocycles. The minimum atomic E-state index is -3.76. The second-order valence-corrected chi connectivity index (χ2v) is 9.18. The fourth-order valence-electron chi connectivity index (χ4n) is 3.40. The normalized spacial score (nSPS) is 16.9. The Morgan fingerprint density at radius 2 is 1.70 bits per heavy atom. The van der Waals surface area contributed by atoms with E-state index in [2.05, 4.69) is 5.32 Å². The van der Waals surface area contributed by atoms with Crippen molar-refractivity contribution in [1.82, 2.24) is 14.5 Å². The Morgan fingerprint density at radius 1 is 1.03 bits per heavy atom. The van der Waals surface area contributed by atoms with E-state index in [1.807, 2.05) is 4.90 Å². The first-order chi connectivity index (χ1) is 14.3. The molecule has 1 aliphatic heterocycles. The summed E-state index contributed by atoms with van der Waals surface area (Å²) in [5, 5.41) is 2.87. The first kappa shape index (κ1) is 22.3. The molecule has 1 aliphatic rings. The fourth-order valence-corrected chi connectivity index (χ4v) is 4.86. The summed E-state index contributed by atoms with van der Waals surface area (Å²) in [5.41, 5.74) is 0.931. The number of halogens is 2. The quantitative estimate of drug-likeness (QED) is 0.720. The lowest BCUT2D eigenvalue weighted by molar-refractivity contribution is -0.126. The SMILES string of the molecule is CC(C(=O)NCCc1ccc(F)cc1)N1CCN(S(=O)(=O)c2cccc(F)c2)CC1. The number of amides is 1. The second kappa shape index (κ2) is 9.63. The van der Waals surface area contributed by atoms with Gasteiger partial charge in [0, 0.05) is 32.7 Å². The first-order valence-electron chi connectivity index (χ1n) is 9.79. The molecule has 1 N–H and O–H groups in total. The maximum absolute atomic E-state index is 13.4. The van der Waals surface area contributed by atoms with Gasteiger partial charge in [0.05, 0.1) is 10.9 Å². The zero-order chi connectivity index (χ0) is 21.7. The van der Waals surface area contributed by atoms with Gasteiger partial charge in [-0.3, -0.25) is 9.69 Å². The van der Waals surface area contributed by atoms with E-state index < -0.39 is 21.9 Å². The summed E-state index contributed by atoms with van der Waals surface area (Å²) in [6.45, 7) is 3.48. The second-order valence-electron chi connectivity index (χ2n) is 7.24. The molecule has 2 aromatic carbocycles. The first-order valence-corrected chi connectivity index (χ1v) is 11.2. The molecule has 1 saturated heterocycles. The smallest absolute Gasteiger partial charge is 0.243 e. The number of piperazine rings is 1. The summed E-state index contributed by atoms with van der Waals surface area (Å²) in [6, 6.07) is 10.7. The van der Waals surface area contributed by atoms with Gasteiger partial charge in [-0.25, -0.2) is 17.2 Å². The number of hydrogen-bond donors (Lipinski definition) is 1. The van der Waals surface area contributed by atoms with Crippen molar-refractivity contribution in [3.63, 3.8) is 0 Å². The number of nitrogens with zero attached hydrogens (tertiary/aromatic N) is 2. The number of sulfonamides is 1. The third-order valence-corrected chi connectivity index (χ3v) is 7.16. The van der Waals surface area contributed by atoms with Crippen LogP contribution >= 0.6 is 0 Å². The molecule has 0 aromatic heterocycles. The van der Waals surface area contributed by atoms with Gasteiger partial charge in [0.2, 0.25) is 15.9 Å². The van der Waals surface area contributed by atoms with Gasteiger partial charge in [-0.15, -0.1) is 0 Å². The van der Waals surface area contributed by atoms with Crippen LogP contribution in [0.1, 0.15) is 12.5 Å². The lowest BCUT2D eigenvalue weighted by Gasteiger charge is -2.36. The molecule has 30 heavy (non-hydrogen) atoms. The molecular weight excluding hydrogens is 412 g/mol. The molecule has 0 saturated carbocycles. The van der Waals surface area contributed by atoms with Crippen LogP contribution in [0.4, 0.5) is 8.78 Å². The fraction of sp³-hybridized carbons (Fsp3) is 0.381. The maximum atomic E-state index is 13.4. The molecule has 1 heterocycles. The molecular formula is C21H25F2N3O3S. The summed E-state index contributed by atoms with van der Waals surface area (Å²) in [7, 11) is -3.76. The third-order valence-electron chi connectivity index (χ3n) is 5.26. The highest BCUT2D eigenvalue weighted by atomic mass is 32.2. The summed E-state index contributed by atoms with van der Waals surface area (Å²) in [4.78, 5) is 14.3. The van der Waals surface area contributed by atoms with Gasteiger partial charge in [0.15, 0.2) is 0 Å². The highest BCUT2D eigenvalue weighted by Gasteiger charge is 2.31. The summed E-state index contributed by atoms with van der Waals surface area (Å²) < 4.78 is 53.0. The Balaban J connectivity index is 1.49. The van der Waals surface area contributed by atoms with E-state index in [9.17, 15) is 22.0 Å². The minimum Gasteiger partial charge on any atom is -0.354 e. The third kappa shape index (κ3) is 5.41. The van der Waals surface area contributed by atoms with Crippen molar-refractivity contribution in [2.24, 2.45) is 0 Å². The largest absolute Gasteiger partial charge is 0.354 e. The van der Waals surface area contributed by atoms with Crippen LogP contribution in [0, 0.1) is 11.6 Å². The van der Waals surface area contributed by atoms with Crippen molar-refractivity contribution in [3.8, 4) is 0 Å². The van der Waals surface area contributed by atoms with Crippen LogP contribution in [0.2, 0.25) is 0 Å². The van der Waals surface area contributed by atoms with Crippen molar-refractivity contribution in [2.75, 3.05) is 32.7 Å². The van der Waals surface area contributed by atoms with E-state index in [-0.39, 0.29) is 29.7 Å². The molecule has 1 amide bonds. The van der Waals surface area contributed by atoms with Crippen molar-refractivity contribution in [1.29, 1.82) is 0 Å². The molecule has 6 nitrogen and oxygen atoms in total. The van der Waals surface area contributed by atoms with E-state index in [4.69, 9.17) is 0 Å². The molecule has 1 unspecified atom stereocenters. The van der Waals surface area contributed by atoms with Gasteiger partial charge >= 0.3 is 0 Å². The van der Waals surface area contributed by atoms with E-state index in [0.29, 0.717) is 26.1 Å². The van der Waals surface area contributed by atoms with Gasteiger partial charge in [-0.1, -0.05) is 18.2 Å². The lowest BCUT2D eigenvalue weighted by atomic mass is 10.1. The van der Waals surface area contributed by atoms with Gasteiger partial charge in [-0.05, 0) is 49.2 Å². The van der Waals surface area contributed by atoms with Crippen molar-refractivity contribution in [3.05, 3.63) is 65.7 Å². The average molecular weight is 438 g/mol. The molecule has 9 heteroatoms. The predicted octanol–water partition coefficient (Wildman–Crippen LogP) is 2.02. The molecule has 0 bridgehead atoms. The average Bonchev–Trinajstić information content (AvgIpc) is 2.74. The van der Waals surface area contributed by atoms with Crippen LogP contribution in [-0.2, 0) is 21.2 Å². The van der Waals surface area contributed by atoms with Gasteiger partial charge in [0.25, 0.3) is 0 Å². The van der Waals surface area contributed by atoms with E-state index in [1.165, 1.54) is 34.6 Å². The van der Waals surface area contributed by atoms with Crippen LogP contribution in [0.15, 0.2) is 53.4 Å². The number of carbonyl (C=O) groups is 1. The van der Waals surface area contributed by atoms with E-state index in [1.54, 1.807) is 19.1 Å². The molecule has 162 valence electrons. The number of rotatable bonds is 7. The number of nitrogens with one attached hydrogen (secondary N) is 1. The van der Waals surface area contributed by atoms with Crippen LogP contribution < -0.4 is 5.32 Å². The Hall–Kier alpha value is -2.36. The monoisotopic (exact) mass is 437 g/mol. The molecule has 2 aromatic rings. The molecule has 0 radical (unpaired) electrons. The van der Waals surface area contributed by atoms with Gasteiger partial charge < -0.3 is 5.32 Å². The van der Waals surface area contributed by atoms with Crippen molar-refractivity contribution < 1.29 is 22.0 Å². The highest BCUT2D eigenvalue weighted by Crippen LogP contribution is 2.19. The van der Waals surface area contributed by atoms with E-state index in [0.717, 1.165) is 11.6 Å². The summed E-state index contributed by atoms with van der Waals surface area (Å²) in [5.74, 6) is -1.03. The number of benzene rings is 2. The van der Waals surface area contributed by atoms with Crippen LogP contribution in [0.25, 0.3) is 0 Å². The van der Waals surface area contributed by atoms with Crippen LogP contribution in [0.5, 0.6) is 0 Å². The maximum Gasteiger partial charge on any atom is 0.243 e. The molecule has 1 fully saturated rings. The Bertz CT molecular complexity index is 975. The zero-order valence-corrected chi connectivity index (χ0v) is 17.5. The molecule has 0 spiro atoms. The predicted molar refractivity (Wildman–Crippen MR) is 109 cm³/mol. The van der Waals surface area contributed by atoms with Crippen molar-refractivity contribution in [2.45, 2.75) is 24.3 Å². The standard InChI is InChI=1S/C21H25F2N3O3S/c1-16(21(27)24-10-9-17-5-7-18(22)8-6-17)25-11-13-26(14-12-25)30(28,29)20-4-2-3-19(23)15-20/h2-8,15-16H,9-14H2,1H3,(H,24,27). The minimum absolute atomic E-state index is 0.0671. The molecule has 1 atom stereocenters. The topological polar surface area (TPSA) is 69.7 Å². The summed E-state index contributed by atoms with van der Waals surface area (Å²) >= 11 is 0. The Labute approximate surface area is 175 Å². The van der Waals surface area contributed by atoms with E-state index >= 15 is 0 Å². The van der Waals surface area contributed by atoms with Gasteiger partial charge in [0.1, 0.15) is 11.6 Å². The highest BCUT2D eigenvalue weighted by molar-refractivity contribution is 7.89.